The Bertz CT molecular complexity index is 992. The van der Waals surface area contributed by atoms with Crippen LogP contribution >= 0.6 is 11.8 Å². The number of amides is 1. The fraction of sp³-hybridized carbons (Fsp3) is 0.542. The highest BCUT2D eigenvalue weighted by atomic mass is 32.2. The Morgan fingerprint density at radius 3 is 2.70 bits per heavy atom. The van der Waals surface area contributed by atoms with Crippen LogP contribution in [0.2, 0.25) is 0 Å². The van der Waals surface area contributed by atoms with E-state index in [1.807, 2.05) is 36.1 Å². The second-order valence-corrected chi connectivity index (χ2v) is 9.68. The molecule has 30 heavy (non-hydrogen) atoms. The lowest BCUT2D eigenvalue weighted by molar-refractivity contribution is -0.131. The molecule has 1 saturated heterocycles. The first-order valence-corrected chi connectivity index (χ1v) is 12.1. The van der Waals surface area contributed by atoms with Crippen LogP contribution in [-0.4, -0.2) is 38.7 Å². The number of carbonyl (C=O) groups is 1. The Hall–Kier alpha value is -2.08. The van der Waals surface area contributed by atoms with Crippen molar-refractivity contribution in [2.75, 3.05) is 13.1 Å². The summed E-state index contributed by atoms with van der Waals surface area (Å²) in [5.41, 5.74) is 2.14. The number of carbonyl (C=O) groups excluding carboxylic acids is 1. The Kier molecular flexibility index (Phi) is 6.93. The summed E-state index contributed by atoms with van der Waals surface area (Å²) < 4.78 is 1.79. The van der Waals surface area contributed by atoms with Crippen molar-refractivity contribution in [3.05, 3.63) is 46.3 Å². The Labute approximate surface area is 182 Å². The molecule has 6 heteroatoms. The quantitative estimate of drug-likeness (QED) is 0.380. The first kappa shape index (κ1) is 21.2. The van der Waals surface area contributed by atoms with E-state index in [9.17, 15) is 9.59 Å². The molecular formula is C24H31N3O2S. The summed E-state index contributed by atoms with van der Waals surface area (Å²) in [4.78, 5) is 33.0. The first-order chi connectivity index (χ1) is 14.6. The van der Waals surface area contributed by atoms with Crippen molar-refractivity contribution in [2.45, 2.75) is 75.2 Å². The highest BCUT2D eigenvalue weighted by Crippen LogP contribution is 2.26. The summed E-state index contributed by atoms with van der Waals surface area (Å²) in [5.74, 6) is 0.156. The number of para-hydroxylation sites is 1. The second-order valence-electron chi connectivity index (χ2n) is 8.37. The van der Waals surface area contributed by atoms with Crippen molar-refractivity contribution in [3.8, 4) is 0 Å². The number of hydrogen-bond acceptors (Lipinski definition) is 4. The van der Waals surface area contributed by atoms with Crippen LogP contribution in [0.3, 0.4) is 0 Å². The molecule has 0 bridgehead atoms. The summed E-state index contributed by atoms with van der Waals surface area (Å²) in [6.07, 6.45) is 11.3. The molecule has 0 saturated carbocycles. The van der Waals surface area contributed by atoms with Crippen molar-refractivity contribution < 1.29 is 4.79 Å². The number of likely N-dealkylation sites (tertiary alicyclic amines) is 1. The minimum Gasteiger partial charge on any atom is -0.342 e. The van der Waals surface area contributed by atoms with Gasteiger partial charge in [-0.05, 0) is 70.4 Å². The molecule has 0 spiro atoms. The number of rotatable bonds is 6. The van der Waals surface area contributed by atoms with Gasteiger partial charge in [0.05, 0.1) is 16.2 Å². The number of nitrogens with zero attached hydrogens (tertiary/aromatic N) is 3. The largest absolute Gasteiger partial charge is 0.342 e. The number of piperidine rings is 1. The average Bonchev–Trinajstić information content (AvgIpc) is 2.79. The van der Waals surface area contributed by atoms with E-state index in [1.54, 1.807) is 4.57 Å². The molecule has 1 aromatic heterocycles. The van der Waals surface area contributed by atoms with E-state index in [4.69, 9.17) is 4.98 Å². The van der Waals surface area contributed by atoms with Crippen LogP contribution in [0.15, 0.2) is 45.9 Å². The molecule has 0 radical (unpaired) electrons. The SMILES string of the molecule is CC(Sc1nc2ccccc2c(=O)n1CCC1=CCCCC1)C(=O)N1CCCCC1. The van der Waals surface area contributed by atoms with Gasteiger partial charge in [-0.2, -0.15) is 0 Å². The summed E-state index contributed by atoms with van der Waals surface area (Å²) in [7, 11) is 0. The maximum absolute atomic E-state index is 13.3. The van der Waals surface area contributed by atoms with Crippen molar-refractivity contribution in [2.24, 2.45) is 0 Å². The van der Waals surface area contributed by atoms with Crippen LogP contribution in [0.5, 0.6) is 0 Å². The van der Waals surface area contributed by atoms with E-state index in [0.717, 1.165) is 45.2 Å². The zero-order valence-corrected chi connectivity index (χ0v) is 18.6. The molecule has 2 aliphatic rings. The zero-order chi connectivity index (χ0) is 20.9. The van der Waals surface area contributed by atoms with Gasteiger partial charge in [-0.3, -0.25) is 14.2 Å². The van der Waals surface area contributed by atoms with Gasteiger partial charge in [0.2, 0.25) is 5.91 Å². The fourth-order valence-corrected chi connectivity index (χ4v) is 5.42. The van der Waals surface area contributed by atoms with Gasteiger partial charge >= 0.3 is 0 Å². The maximum Gasteiger partial charge on any atom is 0.262 e. The van der Waals surface area contributed by atoms with Crippen molar-refractivity contribution >= 4 is 28.6 Å². The second kappa shape index (κ2) is 9.82. The third kappa shape index (κ3) is 4.80. The molecule has 1 amide bonds. The molecule has 2 heterocycles. The van der Waals surface area contributed by atoms with Gasteiger partial charge < -0.3 is 4.90 Å². The molecular weight excluding hydrogens is 394 g/mol. The lowest BCUT2D eigenvalue weighted by Gasteiger charge is -2.29. The molecule has 0 N–H and O–H groups in total. The first-order valence-electron chi connectivity index (χ1n) is 11.3. The molecule has 1 fully saturated rings. The predicted octanol–water partition coefficient (Wildman–Crippen LogP) is 4.78. The van der Waals surface area contributed by atoms with Gasteiger partial charge in [-0.25, -0.2) is 4.98 Å². The van der Waals surface area contributed by atoms with E-state index in [0.29, 0.717) is 22.6 Å². The van der Waals surface area contributed by atoms with Crippen LogP contribution in [0.1, 0.15) is 58.3 Å². The minimum absolute atomic E-state index is 0.00266. The predicted molar refractivity (Wildman–Crippen MR) is 123 cm³/mol. The lowest BCUT2D eigenvalue weighted by Crippen LogP contribution is -2.40. The molecule has 1 aliphatic heterocycles. The van der Waals surface area contributed by atoms with Crippen molar-refractivity contribution in [3.63, 3.8) is 0 Å². The van der Waals surface area contributed by atoms with Crippen molar-refractivity contribution in [1.29, 1.82) is 0 Å². The van der Waals surface area contributed by atoms with Gasteiger partial charge in [-0.15, -0.1) is 0 Å². The van der Waals surface area contributed by atoms with Crippen LogP contribution < -0.4 is 5.56 Å². The molecule has 1 unspecified atom stereocenters. The number of aromatic nitrogens is 2. The van der Waals surface area contributed by atoms with Gasteiger partial charge in [-0.1, -0.05) is 35.5 Å². The van der Waals surface area contributed by atoms with Gasteiger partial charge in [0, 0.05) is 19.6 Å². The Balaban J connectivity index is 1.60. The monoisotopic (exact) mass is 425 g/mol. The highest BCUT2D eigenvalue weighted by Gasteiger charge is 2.25. The van der Waals surface area contributed by atoms with Crippen molar-refractivity contribution in [1.82, 2.24) is 14.5 Å². The van der Waals surface area contributed by atoms with Crippen LogP contribution in [-0.2, 0) is 11.3 Å². The summed E-state index contributed by atoms with van der Waals surface area (Å²) in [6, 6.07) is 7.52. The maximum atomic E-state index is 13.3. The normalized spacial score (nSPS) is 18.3. The molecule has 1 atom stereocenters. The van der Waals surface area contributed by atoms with Gasteiger partial charge in [0.25, 0.3) is 5.56 Å². The molecule has 5 nitrogen and oxygen atoms in total. The van der Waals surface area contributed by atoms with Gasteiger partial charge in [0.15, 0.2) is 5.16 Å². The van der Waals surface area contributed by atoms with Crippen LogP contribution in [0.4, 0.5) is 0 Å². The summed E-state index contributed by atoms with van der Waals surface area (Å²) >= 11 is 1.43. The van der Waals surface area contributed by atoms with Crippen LogP contribution in [0.25, 0.3) is 10.9 Å². The fourth-order valence-electron chi connectivity index (χ4n) is 4.40. The lowest BCUT2D eigenvalue weighted by atomic mass is 9.97. The highest BCUT2D eigenvalue weighted by molar-refractivity contribution is 8.00. The minimum atomic E-state index is -0.253. The van der Waals surface area contributed by atoms with Crippen LogP contribution in [0, 0.1) is 0 Å². The molecule has 160 valence electrons. The molecule has 1 aliphatic carbocycles. The van der Waals surface area contributed by atoms with E-state index in [1.165, 1.54) is 36.6 Å². The third-order valence-corrected chi connectivity index (χ3v) is 7.24. The smallest absolute Gasteiger partial charge is 0.262 e. The molecule has 4 rings (SSSR count). The number of benzene rings is 1. The molecule has 2 aromatic rings. The van der Waals surface area contributed by atoms with E-state index < -0.39 is 0 Å². The van der Waals surface area contributed by atoms with Gasteiger partial charge in [0.1, 0.15) is 0 Å². The number of thioether (sulfide) groups is 1. The molecule has 1 aromatic carbocycles. The number of fused-ring (bicyclic) bond motifs is 1. The average molecular weight is 426 g/mol. The number of allylic oxidation sites excluding steroid dienone is 2. The Morgan fingerprint density at radius 1 is 1.13 bits per heavy atom. The van der Waals surface area contributed by atoms with E-state index in [-0.39, 0.29) is 16.7 Å². The third-order valence-electron chi connectivity index (χ3n) is 6.17. The van der Waals surface area contributed by atoms with E-state index in [2.05, 4.69) is 6.08 Å². The van der Waals surface area contributed by atoms with E-state index >= 15 is 0 Å². The zero-order valence-electron chi connectivity index (χ0n) is 17.8. The summed E-state index contributed by atoms with van der Waals surface area (Å²) in [5, 5.41) is 1.05. The number of hydrogen-bond donors (Lipinski definition) is 0. The Morgan fingerprint density at radius 2 is 1.93 bits per heavy atom. The summed E-state index contributed by atoms with van der Waals surface area (Å²) in [6.45, 7) is 4.25. The topological polar surface area (TPSA) is 55.2 Å². The standard InChI is InChI=1S/C24H31N3O2S/c1-18(22(28)26-15-8-3-9-16-26)30-24-25-21-13-7-6-12-20(21)23(29)27(24)17-14-19-10-4-2-5-11-19/h6-7,10,12-13,18H,2-5,8-9,11,14-17H2,1H3.